The molecule has 33 heavy (non-hydrogen) atoms. The fourth-order valence-corrected chi connectivity index (χ4v) is 4.66. The van der Waals surface area contributed by atoms with Crippen molar-refractivity contribution >= 4 is 22.6 Å². The summed E-state index contributed by atoms with van der Waals surface area (Å²) in [6.07, 6.45) is 0.448. The Morgan fingerprint density at radius 3 is 2.58 bits per heavy atom. The molecule has 3 aromatic carbocycles. The van der Waals surface area contributed by atoms with Crippen molar-refractivity contribution in [3.8, 4) is 11.5 Å². The summed E-state index contributed by atoms with van der Waals surface area (Å²) < 4.78 is 13.1. The molecule has 1 atom stereocenters. The first-order valence-corrected chi connectivity index (χ1v) is 11.1. The SMILES string of the molecule is COc1ccc(Cn2c([C@H]3CC(=O)N(c4cccc(C)c4)C3)nc3ccccc32)cc1OC. The number of para-hydroxylation sites is 2. The first-order chi connectivity index (χ1) is 16.1. The molecule has 0 N–H and O–H groups in total. The summed E-state index contributed by atoms with van der Waals surface area (Å²) in [4.78, 5) is 19.8. The van der Waals surface area contributed by atoms with Crippen LogP contribution in [0.2, 0.25) is 0 Å². The highest BCUT2D eigenvalue weighted by atomic mass is 16.5. The summed E-state index contributed by atoms with van der Waals surface area (Å²) in [7, 11) is 3.28. The molecule has 2 heterocycles. The Labute approximate surface area is 193 Å². The minimum atomic E-state index is 0.0190. The van der Waals surface area contributed by atoms with E-state index in [2.05, 4.69) is 16.7 Å². The minimum absolute atomic E-state index is 0.0190. The van der Waals surface area contributed by atoms with Gasteiger partial charge in [-0.3, -0.25) is 4.79 Å². The van der Waals surface area contributed by atoms with E-state index in [1.807, 2.05) is 66.4 Å². The smallest absolute Gasteiger partial charge is 0.227 e. The Kier molecular flexibility index (Phi) is 5.50. The number of benzene rings is 3. The lowest BCUT2D eigenvalue weighted by molar-refractivity contribution is -0.117. The summed E-state index contributed by atoms with van der Waals surface area (Å²) in [6.45, 7) is 3.30. The van der Waals surface area contributed by atoms with Crippen LogP contribution < -0.4 is 14.4 Å². The van der Waals surface area contributed by atoms with Crippen molar-refractivity contribution in [2.45, 2.75) is 25.8 Å². The molecule has 1 aliphatic rings. The molecule has 1 saturated heterocycles. The Balaban J connectivity index is 1.52. The fraction of sp³-hybridized carbons (Fsp3) is 0.259. The van der Waals surface area contributed by atoms with Crippen molar-refractivity contribution in [2.75, 3.05) is 25.7 Å². The first kappa shape index (κ1) is 21.1. The average molecular weight is 442 g/mol. The van der Waals surface area contributed by atoms with Crippen LogP contribution in [-0.4, -0.2) is 36.2 Å². The van der Waals surface area contributed by atoms with E-state index in [1.54, 1.807) is 14.2 Å². The average Bonchev–Trinajstić information content (AvgIpc) is 3.39. The third kappa shape index (κ3) is 3.93. The van der Waals surface area contributed by atoms with Gasteiger partial charge in [0.15, 0.2) is 11.5 Å². The Bertz CT molecular complexity index is 1330. The van der Waals surface area contributed by atoms with E-state index in [-0.39, 0.29) is 11.8 Å². The largest absolute Gasteiger partial charge is 0.493 e. The highest BCUT2D eigenvalue weighted by molar-refractivity contribution is 5.96. The summed E-state index contributed by atoms with van der Waals surface area (Å²) in [5, 5.41) is 0. The summed E-state index contributed by atoms with van der Waals surface area (Å²) >= 11 is 0. The number of ether oxygens (including phenoxy) is 2. The Morgan fingerprint density at radius 1 is 0.970 bits per heavy atom. The normalized spacial score (nSPS) is 15.9. The maximum Gasteiger partial charge on any atom is 0.227 e. The number of rotatable bonds is 6. The van der Waals surface area contributed by atoms with E-state index in [0.717, 1.165) is 33.7 Å². The van der Waals surface area contributed by atoms with Gasteiger partial charge in [0, 0.05) is 31.1 Å². The van der Waals surface area contributed by atoms with Gasteiger partial charge in [-0.1, -0.05) is 30.3 Å². The predicted molar refractivity (Wildman–Crippen MR) is 129 cm³/mol. The van der Waals surface area contributed by atoms with Crippen molar-refractivity contribution in [3.05, 3.63) is 83.7 Å². The van der Waals surface area contributed by atoms with E-state index in [1.165, 1.54) is 0 Å². The van der Waals surface area contributed by atoms with Crippen molar-refractivity contribution < 1.29 is 14.3 Å². The highest BCUT2D eigenvalue weighted by Gasteiger charge is 2.35. The quantitative estimate of drug-likeness (QED) is 0.426. The molecule has 0 bridgehead atoms. The molecule has 6 heteroatoms. The van der Waals surface area contributed by atoms with Crippen molar-refractivity contribution in [2.24, 2.45) is 0 Å². The van der Waals surface area contributed by atoms with Crippen LogP contribution in [0.3, 0.4) is 0 Å². The number of anilines is 1. The number of hydrogen-bond acceptors (Lipinski definition) is 4. The number of nitrogens with zero attached hydrogens (tertiary/aromatic N) is 3. The van der Waals surface area contributed by atoms with Gasteiger partial charge >= 0.3 is 0 Å². The zero-order valence-corrected chi connectivity index (χ0v) is 19.1. The molecule has 0 unspecified atom stereocenters. The Hall–Kier alpha value is -3.80. The molecule has 6 nitrogen and oxygen atoms in total. The molecule has 0 aliphatic carbocycles. The molecule has 4 aromatic rings. The molecule has 1 aliphatic heterocycles. The molecule has 0 radical (unpaired) electrons. The lowest BCUT2D eigenvalue weighted by atomic mass is 10.1. The molecule has 168 valence electrons. The van der Waals surface area contributed by atoms with Gasteiger partial charge in [0.25, 0.3) is 0 Å². The van der Waals surface area contributed by atoms with Crippen LogP contribution in [0.15, 0.2) is 66.7 Å². The number of hydrogen-bond donors (Lipinski definition) is 0. The number of aromatic nitrogens is 2. The van der Waals surface area contributed by atoms with Gasteiger partial charge in [-0.25, -0.2) is 4.98 Å². The number of fused-ring (bicyclic) bond motifs is 1. The van der Waals surface area contributed by atoms with Gasteiger partial charge < -0.3 is 18.9 Å². The molecule has 1 aromatic heterocycles. The second-order valence-electron chi connectivity index (χ2n) is 8.48. The van der Waals surface area contributed by atoms with Crippen LogP contribution in [0.1, 0.15) is 29.3 Å². The summed E-state index contributed by atoms with van der Waals surface area (Å²) in [5.41, 5.74) is 5.17. The first-order valence-electron chi connectivity index (χ1n) is 11.1. The number of aryl methyl sites for hydroxylation is 1. The maximum absolute atomic E-state index is 13.0. The van der Waals surface area contributed by atoms with Crippen LogP contribution in [0.25, 0.3) is 11.0 Å². The Morgan fingerprint density at radius 2 is 1.79 bits per heavy atom. The van der Waals surface area contributed by atoms with E-state index >= 15 is 0 Å². The van der Waals surface area contributed by atoms with Gasteiger partial charge in [-0.05, 0) is 54.4 Å². The molecule has 1 fully saturated rings. The number of imidazole rings is 1. The topological polar surface area (TPSA) is 56.6 Å². The minimum Gasteiger partial charge on any atom is -0.493 e. The summed E-state index contributed by atoms with van der Waals surface area (Å²) in [5.74, 6) is 2.49. The molecule has 0 spiro atoms. The second-order valence-corrected chi connectivity index (χ2v) is 8.48. The molecule has 5 rings (SSSR count). The van der Waals surface area contributed by atoms with Crippen LogP contribution in [-0.2, 0) is 11.3 Å². The number of amides is 1. The monoisotopic (exact) mass is 441 g/mol. The molecular weight excluding hydrogens is 414 g/mol. The number of carbonyl (C=O) groups excluding carboxylic acids is 1. The zero-order valence-electron chi connectivity index (χ0n) is 19.1. The fourth-order valence-electron chi connectivity index (χ4n) is 4.66. The van der Waals surface area contributed by atoms with Gasteiger partial charge in [-0.15, -0.1) is 0 Å². The molecule has 1 amide bonds. The van der Waals surface area contributed by atoms with E-state index in [0.29, 0.717) is 31.0 Å². The molecule has 0 saturated carbocycles. The lowest BCUT2D eigenvalue weighted by Crippen LogP contribution is -2.24. The van der Waals surface area contributed by atoms with Crippen LogP contribution in [0.5, 0.6) is 11.5 Å². The lowest BCUT2D eigenvalue weighted by Gasteiger charge is -2.18. The predicted octanol–water partition coefficient (Wildman–Crippen LogP) is 4.93. The molecular formula is C27H27N3O3. The standard InChI is InChI=1S/C27H27N3O3/c1-18-7-6-8-21(13-18)29-17-20(15-26(29)31)27-28-22-9-4-5-10-23(22)30(27)16-19-11-12-24(32-2)25(14-19)33-3/h4-14,20H,15-17H2,1-3H3/t20-/m0/s1. The zero-order chi connectivity index (χ0) is 22.9. The van der Waals surface area contributed by atoms with Gasteiger partial charge in [0.1, 0.15) is 5.82 Å². The van der Waals surface area contributed by atoms with E-state index < -0.39 is 0 Å². The van der Waals surface area contributed by atoms with Crippen molar-refractivity contribution in [1.82, 2.24) is 9.55 Å². The van der Waals surface area contributed by atoms with Gasteiger partial charge in [0.05, 0.1) is 25.3 Å². The number of carbonyl (C=O) groups is 1. The van der Waals surface area contributed by atoms with Crippen LogP contribution in [0, 0.1) is 6.92 Å². The van der Waals surface area contributed by atoms with E-state index in [4.69, 9.17) is 14.5 Å². The van der Waals surface area contributed by atoms with Crippen molar-refractivity contribution in [1.29, 1.82) is 0 Å². The number of methoxy groups -OCH3 is 2. The van der Waals surface area contributed by atoms with Crippen LogP contribution >= 0.6 is 0 Å². The van der Waals surface area contributed by atoms with Gasteiger partial charge in [-0.2, -0.15) is 0 Å². The third-order valence-electron chi connectivity index (χ3n) is 6.28. The van der Waals surface area contributed by atoms with Crippen LogP contribution in [0.4, 0.5) is 5.69 Å². The summed E-state index contributed by atoms with van der Waals surface area (Å²) in [6, 6.07) is 22.2. The van der Waals surface area contributed by atoms with E-state index in [9.17, 15) is 4.79 Å². The van der Waals surface area contributed by atoms with Gasteiger partial charge in [0.2, 0.25) is 5.91 Å². The maximum atomic E-state index is 13.0. The second kappa shape index (κ2) is 8.62. The van der Waals surface area contributed by atoms with Crippen molar-refractivity contribution in [3.63, 3.8) is 0 Å². The highest BCUT2D eigenvalue weighted by Crippen LogP contribution is 2.34. The third-order valence-corrected chi connectivity index (χ3v) is 6.28.